The monoisotopic (exact) mass is 409 g/mol. The summed E-state index contributed by atoms with van der Waals surface area (Å²) in [6.45, 7) is 0.711. The fourth-order valence-corrected chi connectivity index (χ4v) is 3.79. The Balaban J connectivity index is 1.61. The first-order chi connectivity index (χ1) is 13.0. The molecule has 0 aliphatic rings. The lowest BCUT2D eigenvalue weighted by atomic mass is 10.1. The number of sulfonamides is 1. The van der Waals surface area contributed by atoms with Gasteiger partial charge in [0.1, 0.15) is 17.3 Å². The number of rotatable bonds is 8. The summed E-state index contributed by atoms with van der Waals surface area (Å²) in [6, 6.07) is 14.7. The molecular formula is C19H17ClFNO4S. The number of benzene rings is 2. The maximum atomic E-state index is 14.0. The first-order valence-electron chi connectivity index (χ1n) is 8.07. The van der Waals surface area contributed by atoms with Gasteiger partial charge in [-0.2, -0.15) is 0 Å². The van der Waals surface area contributed by atoms with Crippen molar-refractivity contribution in [2.24, 2.45) is 0 Å². The maximum absolute atomic E-state index is 14.0. The molecule has 0 bridgehead atoms. The highest BCUT2D eigenvalue weighted by molar-refractivity contribution is 7.89. The fourth-order valence-electron chi connectivity index (χ4n) is 2.44. The van der Waals surface area contributed by atoms with Crippen molar-refractivity contribution >= 4 is 21.6 Å². The van der Waals surface area contributed by atoms with Gasteiger partial charge in [0.15, 0.2) is 5.82 Å². The zero-order valence-corrected chi connectivity index (χ0v) is 15.8. The Kier molecular flexibility index (Phi) is 6.28. The van der Waals surface area contributed by atoms with Gasteiger partial charge >= 0.3 is 0 Å². The second-order valence-corrected chi connectivity index (χ2v) is 7.91. The molecule has 1 N–H and O–H groups in total. The molecule has 0 aliphatic carbocycles. The number of ether oxygens (including phenoxy) is 1. The van der Waals surface area contributed by atoms with Crippen molar-refractivity contribution in [1.82, 2.24) is 4.72 Å². The summed E-state index contributed by atoms with van der Waals surface area (Å²) < 4.78 is 51.8. The van der Waals surface area contributed by atoms with E-state index in [1.165, 1.54) is 18.2 Å². The van der Waals surface area contributed by atoms with E-state index in [4.69, 9.17) is 20.8 Å². The van der Waals surface area contributed by atoms with Crippen LogP contribution < -0.4 is 4.72 Å². The fraction of sp³-hybridized carbons (Fsp3) is 0.158. The molecule has 0 saturated heterocycles. The van der Waals surface area contributed by atoms with Gasteiger partial charge in [-0.1, -0.05) is 41.9 Å². The minimum Gasteiger partial charge on any atom is -0.467 e. The molecule has 1 heterocycles. The van der Waals surface area contributed by atoms with Gasteiger partial charge in [0.2, 0.25) is 10.0 Å². The van der Waals surface area contributed by atoms with E-state index in [-0.39, 0.29) is 11.6 Å². The van der Waals surface area contributed by atoms with Gasteiger partial charge in [-0.25, -0.2) is 17.5 Å². The van der Waals surface area contributed by atoms with Gasteiger partial charge in [0.25, 0.3) is 0 Å². The number of furan rings is 1. The highest BCUT2D eigenvalue weighted by Gasteiger charge is 2.20. The van der Waals surface area contributed by atoms with Gasteiger partial charge in [-0.05, 0) is 35.4 Å². The van der Waals surface area contributed by atoms with E-state index >= 15 is 0 Å². The van der Waals surface area contributed by atoms with Crippen LogP contribution in [0.2, 0.25) is 5.02 Å². The molecule has 2 aromatic carbocycles. The number of hydrogen-bond donors (Lipinski definition) is 1. The van der Waals surface area contributed by atoms with Crippen molar-refractivity contribution in [2.45, 2.75) is 24.7 Å². The molecule has 0 amide bonds. The molecule has 0 saturated carbocycles. The summed E-state index contributed by atoms with van der Waals surface area (Å²) in [5.41, 5.74) is 1.60. The zero-order valence-electron chi connectivity index (χ0n) is 14.2. The van der Waals surface area contributed by atoms with Crippen LogP contribution in [0.4, 0.5) is 4.39 Å². The van der Waals surface area contributed by atoms with Crippen LogP contribution >= 0.6 is 11.6 Å². The predicted octanol–water partition coefficient (Wildman–Crippen LogP) is 4.27. The minimum absolute atomic E-state index is 0.0142. The van der Waals surface area contributed by atoms with Crippen LogP contribution in [0.3, 0.4) is 0 Å². The predicted molar refractivity (Wildman–Crippen MR) is 99.1 cm³/mol. The summed E-state index contributed by atoms with van der Waals surface area (Å²) in [6.07, 6.45) is 1.58. The Morgan fingerprint density at radius 2 is 1.81 bits per heavy atom. The SMILES string of the molecule is O=S(=O)(NCc1cccc(COCc2ccco2)c1)c1cccc(Cl)c1F. The van der Waals surface area contributed by atoms with Crippen LogP contribution in [0.15, 0.2) is 70.2 Å². The smallest absolute Gasteiger partial charge is 0.243 e. The number of halogens is 2. The lowest BCUT2D eigenvalue weighted by Crippen LogP contribution is -2.24. The third-order valence-electron chi connectivity index (χ3n) is 3.76. The van der Waals surface area contributed by atoms with Crippen molar-refractivity contribution in [3.63, 3.8) is 0 Å². The Labute approximate surface area is 161 Å². The molecule has 3 rings (SSSR count). The van der Waals surface area contributed by atoms with Crippen LogP contribution in [-0.4, -0.2) is 8.42 Å². The average Bonchev–Trinajstić information content (AvgIpc) is 3.16. The lowest BCUT2D eigenvalue weighted by Gasteiger charge is -2.10. The van der Waals surface area contributed by atoms with Crippen molar-refractivity contribution in [2.75, 3.05) is 0 Å². The Bertz CT molecular complexity index is 1010. The van der Waals surface area contributed by atoms with E-state index < -0.39 is 20.7 Å². The number of hydrogen-bond acceptors (Lipinski definition) is 4. The summed E-state index contributed by atoms with van der Waals surface area (Å²) >= 11 is 5.66. The Morgan fingerprint density at radius 1 is 1.04 bits per heavy atom. The lowest BCUT2D eigenvalue weighted by molar-refractivity contribution is 0.0929. The summed E-state index contributed by atoms with van der Waals surface area (Å²) in [4.78, 5) is -0.479. The zero-order chi connectivity index (χ0) is 19.3. The van der Waals surface area contributed by atoms with E-state index in [9.17, 15) is 12.8 Å². The van der Waals surface area contributed by atoms with Gasteiger partial charge in [0.05, 0.1) is 17.9 Å². The third-order valence-corrected chi connectivity index (χ3v) is 5.47. The molecule has 0 unspecified atom stereocenters. The van der Waals surface area contributed by atoms with Gasteiger partial charge < -0.3 is 9.15 Å². The Hall–Kier alpha value is -2.19. The molecule has 0 fully saturated rings. The maximum Gasteiger partial charge on any atom is 0.243 e. The van der Waals surface area contributed by atoms with E-state index in [2.05, 4.69) is 4.72 Å². The van der Waals surface area contributed by atoms with Crippen molar-refractivity contribution < 1.29 is 22.0 Å². The second kappa shape index (κ2) is 8.67. The molecular weight excluding hydrogens is 393 g/mol. The highest BCUT2D eigenvalue weighted by Crippen LogP contribution is 2.22. The standard InChI is InChI=1S/C19H17ClFNO4S/c20-17-7-2-8-18(19(17)21)27(23,24)22-11-14-4-1-5-15(10-14)12-25-13-16-6-3-9-26-16/h1-10,22H,11-13H2. The van der Waals surface area contributed by atoms with E-state index in [1.54, 1.807) is 24.5 Å². The molecule has 3 aromatic rings. The molecule has 8 heteroatoms. The summed E-state index contributed by atoms with van der Waals surface area (Å²) in [5.74, 6) is -0.241. The summed E-state index contributed by atoms with van der Waals surface area (Å²) in [5, 5.41) is -0.242. The van der Waals surface area contributed by atoms with Crippen molar-refractivity contribution in [3.8, 4) is 0 Å². The van der Waals surface area contributed by atoms with Gasteiger partial charge in [-0.15, -0.1) is 0 Å². The topological polar surface area (TPSA) is 68.5 Å². The largest absolute Gasteiger partial charge is 0.467 e. The summed E-state index contributed by atoms with van der Waals surface area (Å²) in [7, 11) is -4.02. The van der Waals surface area contributed by atoms with E-state index in [1.807, 2.05) is 18.2 Å². The average molecular weight is 410 g/mol. The Morgan fingerprint density at radius 3 is 2.59 bits per heavy atom. The van der Waals surface area contributed by atoms with Crippen molar-refractivity contribution in [3.05, 3.63) is 88.6 Å². The molecule has 0 aliphatic heterocycles. The normalized spacial score (nSPS) is 11.6. The van der Waals surface area contributed by atoms with Gasteiger partial charge in [-0.3, -0.25) is 0 Å². The van der Waals surface area contributed by atoms with Crippen LogP contribution in [0.1, 0.15) is 16.9 Å². The minimum atomic E-state index is -4.02. The molecule has 0 spiro atoms. The first kappa shape index (κ1) is 19.6. The quantitative estimate of drug-likeness (QED) is 0.603. The van der Waals surface area contributed by atoms with Crippen molar-refractivity contribution in [1.29, 1.82) is 0 Å². The molecule has 0 atom stereocenters. The highest BCUT2D eigenvalue weighted by atomic mass is 35.5. The molecule has 1 aromatic heterocycles. The molecule has 0 radical (unpaired) electrons. The first-order valence-corrected chi connectivity index (χ1v) is 9.93. The van der Waals surface area contributed by atoms with Crippen LogP contribution in [0.25, 0.3) is 0 Å². The van der Waals surface area contributed by atoms with Crippen LogP contribution in [0, 0.1) is 5.82 Å². The molecule has 27 heavy (non-hydrogen) atoms. The van der Waals surface area contributed by atoms with Crippen LogP contribution in [0.5, 0.6) is 0 Å². The second-order valence-electron chi connectivity index (χ2n) is 5.77. The van der Waals surface area contributed by atoms with Crippen LogP contribution in [-0.2, 0) is 34.5 Å². The van der Waals surface area contributed by atoms with Gasteiger partial charge in [0, 0.05) is 6.54 Å². The third kappa shape index (κ3) is 5.17. The molecule has 5 nitrogen and oxygen atoms in total. The van der Waals surface area contributed by atoms with E-state index in [0.29, 0.717) is 13.2 Å². The number of nitrogens with one attached hydrogen (secondary N) is 1. The molecule has 142 valence electrons. The van der Waals surface area contributed by atoms with E-state index in [0.717, 1.165) is 16.9 Å².